The zero-order valence-corrected chi connectivity index (χ0v) is 19.0. The minimum absolute atomic E-state index is 0.0869. The zero-order valence-electron chi connectivity index (χ0n) is 19.0. The SMILES string of the molecule is Cc1ccc(C)c(-c2nn(CN3CCN(c4ccccc4F)CC3)c(=O)c3ccccc23)c1. The topological polar surface area (TPSA) is 41.4 Å². The van der Waals surface area contributed by atoms with Crippen LogP contribution in [0.4, 0.5) is 10.1 Å². The van der Waals surface area contributed by atoms with E-state index >= 15 is 0 Å². The Morgan fingerprint density at radius 1 is 0.879 bits per heavy atom. The average molecular weight is 443 g/mol. The molecule has 0 radical (unpaired) electrons. The largest absolute Gasteiger partial charge is 0.367 e. The van der Waals surface area contributed by atoms with E-state index in [1.165, 1.54) is 6.07 Å². The van der Waals surface area contributed by atoms with Gasteiger partial charge in [-0.2, -0.15) is 5.10 Å². The van der Waals surface area contributed by atoms with E-state index in [0.717, 1.165) is 40.9 Å². The Bertz CT molecular complexity index is 1370. The number of hydrogen-bond acceptors (Lipinski definition) is 4. The van der Waals surface area contributed by atoms with Crippen LogP contribution < -0.4 is 10.5 Å². The lowest BCUT2D eigenvalue weighted by Gasteiger charge is -2.36. The monoisotopic (exact) mass is 442 g/mol. The molecule has 4 aromatic rings. The maximum absolute atomic E-state index is 14.2. The molecule has 6 heteroatoms. The van der Waals surface area contributed by atoms with Gasteiger partial charge in [-0.25, -0.2) is 9.07 Å². The highest BCUT2D eigenvalue weighted by Gasteiger charge is 2.21. The van der Waals surface area contributed by atoms with Gasteiger partial charge in [-0.05, 0) is 43.7 Å². The Kier molecular flexibility index (Phi) is 5.68. The van der Waals surface area contributed by atoms with Crippen molar-refractivity contribution in [2.75, 3.05) is 31.1 Å². The predicted molar refractivity (Wildman–Crippen MR) is 131 cm³/mol. The Balaban J connectivity index is 1.46. The molecule has 0 atom stereocenters. The van der Waals surface area contributed by atoms with Gasteiger partial charge in [-0.15, -0.1) is 0 Å². The number of piperazine rings is 1. The number of hydrogen-bond donors (Lipinski definition) is 0. The Morgan fingerprint density at radius 2 is 1.58 bits per heavy atom. The van der Waals surface area contributed by atoms with E-state index in [4.69, 9.17) is 5.10 Å². The van der Waals surface area contributed by atoms with Crippen LogP contribution in [0.15, 0.2) is 71.5 Å². The van der Waals surface area contributed by atoms with Crippen molar-refractivity contribution in [3.63, 3.8) is 0 Å². The standard InChI is InChI=1S/C27H27FN4O/c1-19-11-12-20(2)23(17-19)26-21-7-3-4-8-22(21)27(33)32(29-26)18-30-13-15-31(16-14-30)25-10-6-5-9-24(25)28/h3-12,17H,13-16,18H2,1-2H3. The highest BCUT2D eigenvalue weighted by atomic mass is 19.1. The van der Waals surface area contributed by atoms with E-state index in [-0.39, 0.29) is 11.4 Å². The first-order chi connectivity index (χ1) is 16.0. The normalized spacial score (nSPS) is 14.7. The van der Waals surface area contributed by atoms with E-state index in [1.54, 1.807) is 10.7 Å². The molecule has 1 saturated heterocycles. The number of fused-ring (bicyclic) bond motifs is 1. The number of nitrogens with zero attached hydrogens (tertiary/aromatic N) is 4. The van der Waals surface area contributed by atoms with E-state index in [1.807, 2.05) is 36.4 Å². The van der Waals surface area contributed by atoms with Crippen LogP contribution in [0.25, 0.3) is 22.0 Å². The summed E-state index contributed by atoms with van der Waals surface area (Å²) in [4.78, 5) is 17.5. The van der Waals surface area contributed by atoms with Crippen LogP contribution in [0, 0.1) is 19.7 Å². The van der Waals surface area contributed by atoms with E-state index in [0.29, 0.717) is 30.8 Å². The molecule has 0 saturated carbocycles. The molecule has 168 valence electrons. The summed E-state index contributed by atoms with van der Waals surface area (Å²) in [7, 11) is 0. The third-order valence-electron chi connectivity index (χ3n) is 6.42. The van der Waals surface area contributed by atoms with Gasteiger partial charge in [-0.1, -0.05) is 48.0 Å². The van der Waals surface area contributed by atoms with Crippen molar-refractivity contribution in [2.24, 2.45) is 0 Å². The van der Waals surface area contributed by atoms with Crippen molar-refractivity contribution in [1.82, 2.24) is 14.7 Å². The number of rotatable bonds is 4. The third-order valence-corrected chi connectivity index (χ3v) is 6.42. The molecule has 0 aliphatic carbocycles. The Hall–Kier alpha value is -3.51. The summed E-state index contributed by atoms with van der Waals surface area (Å²) in [6, 6.07) is 20.9. The van der Waals surface area contributed by atoms with E-state index in [9.17, 15) is 9.18 Å². The highest BCUT2D eigenvalue weighted by molar-refractivity contribution is 5.94. The van der Waals surface area contributed by atoms with Gasteiger partial charge in [-0.3, -0.25) is 9.69 Å². The molecule has 0 unspecified atom stereocenters. The Morgan fingerprint density at radius 3 is 2.33 bits per heavy atom. The molecular weight excluding hydrogens is 415 g/mol. The van der Waals surface area contributed by atoms with Crippen molar-refractivity contribution in [2.45, 2.75) is 20.5 Å². The molecule has 1 aromatic heterocycles. The fourth-order valence-electron chi connectivity index (χ4n) is 4.55. The number of anilines is 1. The van der Waals surface area contributed by atoms with Crippen molar-refractivity contribution >= 4 is 16.5 Å². The van der Waals surface area contributed by atoms with Crippen molar-refractivity contribution in [1.29, 1.82) is 0 Å². The molecule has 0 N–H and O–H groups in total. The van der Waals surface area contributed by atoms with Gasteiger partial charge in [0.1, 0.15) is 5.82 Å². The molecule has 5 nitrogen and oxygen atoms in total. The van der Waals surface area contributed by atoms with Gasteiger partial charge in [0.2, 0.25) is 0 Å². The first-order valence-electron chi connectivity index (χ1n) is 11.3. The van der Waals surface area contributed by atoms with Gasteiger partial charge in [0.15, 0.2) is 0 Å². The second kappa shape index (κ2) is 8.79. The molecule has 1 aliphatic heterocycles. The third kappa shape index (κ3) is 4.14. The minimum Gasteiger partial charge on any atom is -0.367 e. The summed E-state index contributed by atoms with van der Waals surface area (Å²) in [6.07, 6.45) is 0. The molecule has 33 heavy (non-hydrogen) atoms. The van der Waals surface area contributed by atoms with Crippen molar-refractivity contribution in [3.05, 3.63) is 94.0 Å². The summed E-state index contributed by atoms with van der Waals surface area (Å²) in [5.41, 5.74) is 4.71. The zero-order chi connectivity index (χ0) is 22.9. The number of aromatic nitrogens is 2. The molecule has 5 rings (SSSR count). The lowest BCUT2D eigenvalue weighted by molar-refractivity contribution is 0.192. The van der Waals surface area contributed by atoms with Crippen LogP contribution in [-0.4, -0.2) is 40.9 Å². The number of aryl methyl sites for hydroxylation is 2. The summed E-state index contributed by atoms with van der Waals surface area (Å²) in [5, 5.41) is 6.39. The van der Waals surface area contributed by atoms with E-state index in [2.05, 4.69) is 41.8 Å². The second-order valence-corrected chi connectivity index (χ2v) is 8.72. The first-order valence-corrected chi connectivity index (χ1v) is 11.3. The quantitative estimate of drug-likeness (QED) is 0.463. The first kappa shape index (κ1) is 21.3. The second-order valence-electron chi connectivity index (χ2n) is 8.72. The van der Waals surface area contributed by atoms with Crippen molar-refractivity contribution in [3.8, 4) is 11.3 Å². The molecule has 1 aliphatic rings. The van der Waals surface area contributed by atoms with Crippen molar-refractivity contribution < 1.29 is 4.39 Å². The van der Waals surface area contributed by atoms with Gasteiger partial charge < -0.3 is 4.90 Å². The molecule has 0 spiro atoms. The van der Waals surface area contributed by atoms with Gasteiger partial charge >= 0.3 is 0 Å². The number of halogens is 1. The van der Waals surface area contributed by atoms with Crippen LogP contribution >= 0.6 is 0 Å². The van der Waals surface area contributed by atoms with E-state index < -0.39 is 0 Å². The van der Waals surface area contributed by atoms with Crippen LogP contribution in [0.3, 0.4) is 0 Å². The van der Waals surface area contributed by atoms with Gasteiger partial charge in [0.25, 0.3) is 5.56 Å². The van der Waals surface area contributed by atoms with Crippen LogP contribution in [0.2, 0.25) is 0 Å². The Labute approximate surface area is 192 Å². The minimum atomic E-state index is -0.198. The summed E-state index contributed by atoms with van der Waals surface area (Å²) in [6.45, 7) is 7.41. The lowest BCUT2D eigenvalue weighted by atomic mass is 9.99. The summed E-state index contributed by atoms with van der Waals surface area (Å²) < 4.78 is 15.8. The van der Waals surface area contributed by atoms with Crippen LogP contribution in [0.1, 0.15) is 11.1 Å². The predicted octanol–water partition coefficient (Wildman–Crippen LogP) is 4.60. The maximum atomic E-state index is 14.2. The highest BCUT2D eigenvalue weighted by Crippen LogP contribution is 2.28. The van der Waals surface area contributed by atoms with Gasteiger partial charge in [0, 0.05) is 37.1 Å². The van der Waals surface area contributed by atoms with Crippen LogP contribution in [-0.2, 0) is 6.67 Å². The smallest absolute Gasteiger partial charge is 0.275 e. The molecule has 2 heterocycles. The molecule has 3 aromatic carbocycles. The van der Waals surface area contributed by atoms with Crippen LogP contribution in [0.5, 0.6) is 0 Å². The number of benzene rings is 3. The maximum Gasteiger partial charge on any atom is 0.275 e. The average Bonchev–Trinajstić information content (AvgIpc) is 2.83. The molecule has 1 fully saturated rings. The lowest BCUT2D eigenvalue weighted by Crippen LogP contribution is -2.48. The number of para-hydroxylation sites is 1. The molecular formula is C27H27FN4O. The van der Waals surface area contributed by atoms with Gasteiger partial charge in [0.05, 0.1) is 23.4 Å². The summed E-state index contributed by atoms with van der Waals surface area (Å²) >= 11 is 0. The fraction of sp³-hybridized carbons (Fsp3) is 0.259. The summed E-state index contributed by atoms with van der Waals surface area (Å²) in [5.74, 6) is -0.198. The molecule has 0 amide bonds. The fourth-order valence-corrected chi connectivity index (χ4v) is 4.55. The molecule has 0 bridgehead atoms.